The van der Waals surface area contributed by atoms with Gasteiger partial charge in [-0.05, 0) is 37.0 Å². The van der Waals surface area contributed by atoms with Crippen molar-refractivity contribution in [1.82, 2.24) is 4.90 Å². The minimum absolute atomic E-state index is 0.0589. The molecule has 2 aliphatic rings. The number of aliphatic hydroxyl groups excluding tert-OH is 1. The Labute approximate surface area is 129 Å². The van der Waals surface area contributed by atoms with Gasteiger partial charge in [-0.15, -0.1) is 0 Å². The molecule has 1 N–H and O–H groups in total. The van der Waals surface area contributed by atoms with E-state index in [4.69, 9.17) is 0 Å². The zero-order valence-corrected chi connectivity index (χ0v) is 13.5. The maximum atomic E-state index is 12.5. The van der Waals surface area contributed by atoms with E-state index in [2.05, 4.69) is 31.9 Å². The van der Waals surface area contributed by atoms with Crippen molar-refractivity contribution in [3.8, 4) is 0 Å². The molecule has 1 amide bonds. The van der Waals surface area contributed by atoms with Crippen LogP contribution in [-0.4, -0.2) is 35.1 Å². The molecule has 0 bridgehead atoms. The number of aliphatic hydroxyl groups is 1. The molecule has 1 heterocycles. The molecular formula is C14H15Br2NO2. The van der Waals surface area contributed by atoms with E-state index < -0.39 is 0 Å². The lowest BCUT2D eigenvalue weighted by molar-refractivity contribution is 0.0752. The SMILES string of the molecule is O=C(c1cc(Br)cc(Br)c1)N1CC2CCC(O)C2C1. The van der Waals surface area contributed by atoms with E-state index in [1.807, 2.05) is 23.1 Å². The van der Waals surface area contributed by atoms with Crippen molar-refractivity contribution in [2.45, 2.75) is 18.9 Å². The van der Waals surface area contributed by atoms with Gasteiger partial charge in [0.05, 0.1) is 6.10 Å². The molecular weight excluding hydrogens is 374 g/mol. The molecule has 5 heteroatoms. The van der Waals surface area contributed by atoms with E-state index in [1.54, 1.807) is 0 Å². The van der Waals surface area contributed by atoms with Crippen LogP contribution in [0.15, 0.2) is 27.1 Å². The van der Waals surface area contributed by atoms with E-state index in [0.717, 1.165) is 28.3 Å². The van der Waals surface area contributed by atoms with Crippen molar-refractivity contribution < 1.29 is 9.90 Å². The predicted octanol–water partition coefficient (Wildman–Crippen LogP) is 3.05. The smallest absolute Gasteiger partial charge is 0.253 e. The molecule has 0 aromatic heterocycles. The second-order valence-corrected chi connectivity index (χ2v) is 7.27. The number of carbonyl (C=O) groups excluding carboxylic acids is 1. The highest BCUT2D eigenvalue weighted by Crippen LogP contribution is 2.38. The van der Waals surface area contributed by atoms with Gasteiger partial charge in [0.2, 0.25) is 0 Å². The highest BCUT2D eigenvalue weighted by molar-refractivity contribution is 9.11. The average Bonchev–Trinajstić information content (AvgIpc) is 2.90. The van der Waals surface area contributed by atoms with Crippen molar-refractivity contribution in [3.63, 3.8) is 0 Å². The summed E-state index contributed by atoms with van der Waals surface area (Å²) in [6.07, 6.45) is 1.70. The Morgan fingerprint density at radius 1 is 1.16 bits per heavy atom. The van der Waals surface area contributed by atoms with Crippen LogP contribution >= 0.6 is 31.9 Å². The summed E-state index contributed by atoms with van der Waals surface area (Å²) < 4.78 is 1.79. The maximum Gasteiger partial charge on any atom is 0.253 e. The van der Waals surface area contributed by atoms with Gasteiger partial charge in [0.25, 0.3) is 5.91 Å². The molecule has 1 aromatic carbocycles. The molecule has 3 unspecified atom stereocenters. The van der Waals surface area contributed by atoms with E-state index in [-0.39, 0.29) is 17.9 Å². The van der Waals surface area contributed by atoms with Crippen molar-refractivity contribution >= 4 is 37.8 Å². The molecule has 1 aromatic rings. The molecule has 1 aliphatic carbocycles. The van der Waals surface area contributed by atoms with Gasteiger partial charge in [0, 0.05) is 33.5 Å². The number of rotatable bonds is 1. The van der Waals surface area contributed by atoms with Crippen LogP contribution in [0.25, 0.3) is 0 Å². The largest absolute Gasteiger partial charge is 0.393 e. The number of carbonyl (C=O) groups is 1. The Balaban J connectivity index is 1.78. The monoisotopic (exact) mass is 387 g/mol. The van der Waals surface area contributed by atoms with E-state index in [0.29, 0.717) is 18.0 Å². The number of likely N-dealkylation sites (tertiary alicyclic amines) is 1. The Morgan fingerprint density at radius 2 is 1.84 bits per heavy atom. The van der Waals surface area contributed by atoms with Crippen LogP contribution in [0, 0.1) is 11.8 Å². The molecule has 3 rings (SSSR count). The molecule has 0 spiro atoms. The van der Waals surface area contributed by atoms with Crippen LogP contribution in [0.1, 0.15) is 23.2 Å². The minimum Gasteiger partial charge on any atom is -0.393 e. The zero-order valence-electron chi connectivity index (χ0n) is 10.4. The van der Waals surface area contributed by atoms with Crippen LogP contribution in [-0.2, 0) is 0 Å². The number of halogens is 2. The summed E-state index contributed by atoms with van der Waals surface area (Å²) in [4.78, 5) is 14.4. The first kappa shape index (κ1) is 13.6. The Morgan fingerprint density at radius 3 is 2.47 bits per heavy atom. The number of amides is 1. The molecule has 0 radical (unpaired) electrons. The molecule has 3 nitrogen and oxygen atoms in total. The first-order chi connectivity index (χ1) is 9.04. The van der Waals surface area contributed by atoms with Crippen LogP contribution in [0.4, 0.5) is 0 Å². The fourth-order valence-electron chi connectivity index (χ4n) is 3.26. The van der Waals surface area contributed by atoms with Crippen LogP contribution in [0.5, 0.6) is 0 Å². The Kier molecular flexibility index (Phi) is 3.71. The van der Waals surface area contributed by atoms with Gasteiger partial charge < -0.3 is 10.0 Å². The first-order valence-electron chi connectivity index (χ1n) is 6.48. The summed E-state index contributed by atoms with van der Waals surface area (Å²) in [7, 11) is 0. The van der Waals surface area contributed by atoms with E-state index in [1.165, 1.54) is 0 Å². The number of nitrogens with zero attached hydrogens (tertiary/aromatic N) is 1. The standard InChI is InChI=1S/C14H15Br2NO2/c15-10-3-9(4-11(16)5-10)14(19)17-6-8-1-2-13(18)12(8)7-17/h3-5,8,12-13,18H,1-2,6-7H2. The number of hydrogen-bond acceptors (Lipinski definition) is 2. The summed E-state index contributed by atoms with van der Waals surface area (Å²) in [5.74, 6) is 0.817. The molecule has 102 valence electrons. The zero-order chi connectivity index (χ0) is 13.6. The minimum atomic E-state index is -0.225. The third-order valence-corrected chi connectivity index (χ3v) is 5.13. The molecule has 3 atom stereocenters. The number of fused-ring (bicyclic) bond motifs is 1. The van der Waals surface area contributed by atoms with Gasteiger partial charge >= 0.3 is 0 Å². The van der Waals surface area contributed by atoms with Gasteiger partial charge in [0.1, 0.15) is 0 Å². The van der Waals surface area contributed by atoms with Gasteiger partial charge in [0.15, 0.2) is 0 Å². The predicted molar refractivity (Wildman–Crippen MR) is 80.0 cm³/mol. The lowest BCUT2D eigenvalue weighted by Crippen LogP contribution is -2.31. The van der Waals surface area contributed by atoms with Crippen molar-refractivity contribution in [2.24, 2.45) is 11.8 Å². The van der Waals surface area contributed by atoms with Gasteiger partial charge in [-0.25, -0.2) is 0 Å². The molecule has 19 heavy (non-hydrogen) atoms. The summed E-state index contributed by atoms with van der Waals surface area (Å²) in [6.45, 7) is 1.47. The molecule has 1 saturated carbocycles. The van der Waals surface area contributed by atoms with Crippen molar-refractivity contribution in [2.75, 3.05) is 13.1 Å². The van der Waals surface area contributed by atoms with Crippen molar-refractivity contribution in [3.05, 3.63) is 32.7 Å². The number of hydrogen-bond donors (Lipinski definition) is 1. The van der Waals surface area contributed by atoms with Crippen LogP contribution < -0.4 is 0 Å². The molecule has 1 aliphatic heterocycles. The lowest BCUT2D eigenvalue weighted by atomic mass is 10.00. The lowest BCUT2D eigenvalue weighted by Gasteiger charge is -2.18. The van der Waals surface area contributed by atoms with Crippen molar-refractivity contribution in [1.29, 1.82) is 0 Å². The highest BCUT2D eigenvalue weighted by atomic mass is 79.9. The summed E-state index contributed by atoms with van der Waals surface area (Å²) in [5, 5.41) is 9.90. The topological polar surface area (TPSA) is 40.5 Å². The highest BCUT2D eigenvalue weighted by Gasteiger charge is 2.43. The van der Waals surface area contributed by atoms with E-state index >= 15 is 0 Å². The van der Waals surface area contributed by atoms with Crippen LogP contribution in [0.2, 0.25) is 0 Å². The van der Waals surface area contributed by atoms with E-state index in [9.17, 15) is 9.90 Å². The van der Waals surface area contributed by atoms with Crippen LogP contribution in [0.3, 0.4) is 0 Å². The summed E-state index contributed by atoms with van der Waals surface area (Å²) in [6, 6.07) is 5.61. The fraction of sp³-hybridized carbons (Fsp3) is 0.500. The molecule has 2 fully saturated rings. The van der Waals surface area contributed by atoms with Gasteiger partial charge in [-0.1, -0.05) is 31.9 Å². The van der Waals surface area contributed by atoms with Gasteiger partial charge in [-0.2, -0.15) is 0 Å². The summed E-state index contributed by atoms with van der Waals surface area (Å²) in [5.41, 5.74) is 0.690. The fourth-order valence-corrected chi connectivity index (χ4v) is 4.56. The Hall–Kier alpha value is -0.390. The third-order valence-electron chi connectivity index (χ3n) is 4.22. The average molecular weight is 389 g/mol. The quantitative estimate of drug-likeness (QED) is 0.803. The third kappa shape index (κ3) is 2.60. The Bertz CT molecular complexity index is 500. The summed E-state index contributed by atoms with van der Waals surface area (Å²) >= 11 is 6.81. The second-order valence-electron chi connectivity index (χ2n) is 5.44. The molecule has 1 saturated heterocycles. The second kappa shape index (κ2) is 5.19. The normalized spacial score (nSPS) is 29.6. The first-order valence-corrected chi connectivity index (χ1v) is 8.06. The number of benzene rings is 1. The maximum absolute atomic E-state index is 12.5. The van der Waals surface area contributed by atoms with Gasteiger partial charge in [-0.3, -0.25) is 4.79 Å².